The molecule has 1 aliphatic rings. The van der Waals surface area contributed by atoms with E-state index in [1.807, 2.05) is 0 Å². The van der Waals surface area contributed by atoms with Crippen LogP contribution in [0, 0.1) is 0 Å². The molecule has 0 saturated carbocycles. The van der Waals surface area contributed by atoms with Crippen molar-refractivity contribution in [1.82, 2.24) is 0 Å². The molecule has 2 heteroatoms. The van der Waals surface area contributed by atoms with E-state index in [4.69, 9.17) is 0 Å². The zero-order valence-corrected chi connectivity index (χ0v) is 13.3. The van der Waals surface area contributed by atoms with Crippen LogP contribution >= 0.6 is 28.7 Å². The predicted octanol–water partition coefficient (Wildman–Crippen LogP) is 5.89. The molecule has 0 aromatic rings. The Kier molecular flexibility index (Phi) is 9.53. The Bertz CT molecular complexity index is 243. The fourth-order valence-electron chi connectivity index (χ4n) is 1.89. The summed E-state index contributed by atoms with van der Waals surface area (Å²) < 4.78 is 0. The molecule has 16 heavy (non-hydrogen) atoms. The first-order valence-corrected chi connectivity index (χ1v) is 7.19. The number of hydrogen-bond donors (Lipinski definition) is 0. The lowest BCUT2D eigenvalue weighted by Crippen LogP contribution is -2.04. The van der Waals surface area contributed by atoms with E-state index in [1.54, 1.807) is 4.91 Å². The Balaban J connectivity index is 0.00000225. The Labute approximate surface area is 116 Å². The zero-order chi connectivity index (χ0) is 11.1. The van der Waals surface area contributed by atoms with Crippen molar-refractivity contribution in [1.29, 1.82) is 0 Å². The van der Waals surface area contributed by atoms with Crippen LogP contribution in [-0.2, 0) is 0 Å². The van der Waals surface area contributed by atoms with Gasteiger partial charge in [0.2, 0.25) is 0 Å². The van der Waals surface area contributed by atoms with Gasteiger partial charge in [-0.15, -0.1) is 28.7 Å². The number of rotatable bonds is 6. The van der Waals surface area contributed by atoms with Gasteiger partial charge in [0.1, 0.15) is 0 Å². The molecule has 1 unspecified atom stereocenters. The van der Waals surface area contributed by atoms with Crippen molar-refractivity contribution in [3.8, 4) is 0 Å². The number of halogens is 1. The Morgan fingerprint density at radius 1 is 1.19 bits per heavy atom. The van der Waals surface area contributed by atoms with Crippen molar-refractivity contribution in [3.05, 3.63) is 22.6 Å². The average molecular weight is 305 g/mol. The second-order valence-electron chi connectivity index (χ2n) is 4.42. The number of hydrogen-bond acceptors (Lipinski definition) is 1. The molecule has 0 radical (unpaired) electrons. The lowest BCUT2D eigenvalue weighted by Gasteiger charge is -2.20. The van der Waals surface area contributed by atoms with E-state index in [1.165, 1.54) is 44.1 Å². The average Bonchev–Trinajstić information content (AvgIpc) is 2.23. The van der Waals surface area contributed by atoms with E-state index >= 15 is 0 Å². The van der Waals surface area contributed by atoms with Gasteiger partial charge in [-0.1, -0.05) is 50.8 Å². The minimum Gasteiger partial charge on any atom is -0.123 e. The standard InChI is InChI=1S/C14H24S.BrH/c1-4-6-8-13-10-12(3)11-14(15-13)9-7-5-2;/h10-11,13H,4-9H2,1-3H3;1H. The first-order chi connectivity index (χ1) is 7.26. The third-order valence-corrected chi connectivity index (χ3v) is 4.06. The highest BCUT2D eigenvalue weighted by atomic mass is 79.9. The minimum absolute atomic E-state index is 0. The van der Waals surface area contributed by atoms with Gasteiger partial charge in [0.15, 0.2) is 0 Å². The first kappa shape index (κ1) is 16.3. The van der Waals surface area contributed by atoms with Crippen molar-refractivity contribution in [2.24, 2.45) is 0 Å². The van der Waals surface area contributed by atoms with E-state index < -0.39 is 0 Å². The summed E-state index contributed by atoms with van der Waals surface area (Å²) in [5.74, 6) is 0. The molecule has 0 bridgehead atoms. The maximum atomic E-state index is 2.44. The van der Waals surface area contributed by atoms with Crippen LogP contribution < -0.4 is 0 Å². The van der Waals surface area contributed by atoms with Crippen LogP contribution in [0.15, 0.2) is 22.6 Å². The number of allylic oxidation sites excluding steroid dienone is 3. The highest BCUT2D eigenvalue weighted by molar-refractivity contribution is 8.93. The van der Waals surface area contributed by atoms with Crippen LogP contribution in [0.3, 0.4) is 0 Å². The van der Waals surface area contributed by atoms with Gasteiger partial charge in [0.25, 0.3) is 0 Å². The van der Waals surface area contributed by atoms with E-state index in [-0.39, 0.29) is 17.0 Å². The van der Waals surface area contributed by atoms with Gasteiger partial charge < -0.3 is 0 Å². The summed E-state index contributed by atoms with van der Waals surface area (Å²) >= 11 is 2.10. The summed E-state index contributed by atoms with van der Waals surface area (Å²) in [4.78, 5) is 1.61. The molecule has 1 rings (SSSR count). The van der Waals surface area contributed by atoms with Crippen LogP contribution in [0.4, 0.5) is 0 Å². The highest BCUT2D eigenvalue weighted by Gasteiger charge is 2.13. The van der Waals surface area contributed by atoms with Crippen LogP contribution in [0.25, 0.3) is 0 Å². The SMILES string of the molecule is Br.CCCCC1=CC(C)=CC(CCCC)S1. The van der Waals surface area contributed by atoms with E-state index in [2.05, 4.69) is 44.7 Å². The molecule has 1 atom stereocenters. The van der Waals surface area contributed by atoms with Gasteiger partial charge in [-0.2, -0.15) is 0 Å². The van der Waals surface area contributed by atoms with Crippen LogP contribution in [0.5, 0.6) is 0 Å². The maximum absolute atomic E-state index is 2.44. The van der Waals surface area contributed by atoms with Crippen LogP contribution in [0.2, 0.25) is 0 Å². The van der Waals surface area contributed by atoms with Gasteiger partial charge in [0.05, 0.1) is 0 Å². The molecule has 1 aliphatic heterocycles. The third-order valence-electron chi connectivity index (χ3n) is 2.76. The van der Waals surface area contributed by atoms with Gasteiger partial charge in [-0.05, 0) is 31.1 Å². The van der Waals surface area contributed by atoms with Gasteiger partial charge in [-0.3, -0.25) is 0 Å². The van der Waals surface area contributed by atoms with Gasteiger partial charge in [0, 0.05) is 5.25 Å². The van der Waals surface area contributed by atoms with E-state index in [9.17, 15) is 0 Å². The largest absolute Gasteiger partial charge is 0.123 e. The third kappa shape index (κ3) is 6.15. The molecule has 0 aliphatic carbocycles. The Morgan fingerprint density at radius 3 is 2.50 bits per heavy atom. The Morgan fingerprint density at radius 2 is 1.88 bits per heavy atom. The molecule has 0 spiro atoms. The molecular formula is C14H25BrS. The quantitative estimate of drug-likeness (QED) is 0.589. The topological polar surface area (TPSA) is 0 Å². The minimum atomic E-state index is 0. The monoisotopic (exact) mass is 304 g/mol. The molecule has 94 valence electrons. The molecule has 1 heterocycles. The number of unbranched alkanes of at least 4 members (excludes halogenated alkanes) is 2. The van der Waals surface area contributed by atoms with E-state index in [0.29, 0.717) is 0 Å². The van der Waals surface area contributed by atoms with Gasteiger partial charge in [-0.25, -0.2) is 0 Å². The van der Waals surface area contributed by atoms with Crippen molar-refractivity contribution >= 4 is 28.7 Å². The van der Waals surface area contributed by atoms with E-state index in [0.717, 1.165) is 5.25 Å². The molecule has 0 fully saturated rings. The van der Waals surface area contributed by atoms with Crippen molar-refractivity contribution in [2.45, 2.75) is 64.5 Å². The van der Waals surface area contributed by atoms with Crippen molar-refractivity contribution in [3.63, 3.8) is 0 Å². The second kappa shape index (κ2) is 9.35. The molecular weight excluding hydrogens is 280 g/mol. The second-order valence-corrected chi connectivity index (χ2v) is 5.79. The lowest BCUT2D eigenvalue weighted by atomic mass is 10.1. The number of thioether (sulfide) groups is 1. The molecule has 0 saturated heterocycles. The lowest BCUT2D eigenvalue weighted by molar-refractivity contribution is 0.734. The summed E-state index contributed by atoms with van der Waals surface area (Å²) in [6, 6.07) is 0. The first-order valence-electron chi connectivity index (χ1n) is 6.32. The summed E-state index contributed by atoms with van der Waals surface area (Å²) in [6.45, 7) is 6.79. The summed E-state index contributed by atoms with van der Waals surface area (Å²) in [7, 11) is 0. The molecule has 0 N–H and O–H groups in total. The summed E-state index contributed by atoms with van der Waals surface area (Å²) in [5, 5.41) is 0.752. The smallest absolute Gasteiger partial charge is 0.0276 e. The van der Waals surface area contributed by atoms with Crippen molar-refractivity contribution < 1.29 is 0 Å². The predicted molar refractivity (Wildman–Crippen MR) is 82.6 cm³/mol. The Hall–Kier alpha value is 0.310. The molecule has 0 aromatic heterocycles. The maximum Gasteiger partial charge on any atom is 0.0276 e. The van der Waals surface area contributed by atoms with Crippen LogP contribution in [-0.4, -0.2) is 5.25 Å². The van der Waals surface area contributed by atoms with Gasteiger partial charge >= 0.3 is 0 Å². The van der Waals surface area contributed by atoms with Crippen LogP contribution in [0.1, 0.15) is 59.3 Å². The summed E-state index contributed by atoms with van der Waals surface area (Å²) in [5.41, 5.74) is 1.47. The summed E-state index contributed by atoms with van der Waals surface area (Å²) in [6.07, 6.45) is 12.8. The molecule has 0 nitrogen and oxygen atoms in total. The molecule has 0 amide bonds. The highest BCUT2D eigenvalue weighted by Crippen LogP contribution is 2.35. The fraction of sp³-hybridized carbons (Fsp3) is 0.714. The van der Waals surface area contributed by atoms with Crippen molar-refractivity contribution in [2.75, 3.05) is 0 Å². The normalized spacial score (nSPS) is 19.8. The zero-order valence-electron chi connectivity index (χ0n) is 10.8. The molecule has 0 aromatic carbocycles. The fourth-order valence-corrected chi connectivity index (χ4v) is 3.36.